The molecular weight excluding hydrogens is 1480 g/mol. The first-order chi connectivity index (χ1) is 59.5. The summed E-state index contributed by atoms with van der Waals surface area (Å²) in [6, 6.07) is 145. The zero-order chi connectivity index (χ0) is 79.1. The summed E-state index contributed by atoms with van der Waals surface area (Å²) in [5, 5.41) is 14.4. The largest absolute Gasteiger partial charge is 0.455 e. The van der Waals surface area contributed by atoms with Crippen LogP contribution < -0.4 is 0 Å². The third kappa shape index (κ3) is 11.9. The van der Waals surface area contributed by atoms with Crippen molar-refractivity contribution >= 4 is 141 Å². The number of aromatic nitrogens is 6. The van der Waals surface area contributed by atoms with E-state index in [1.807, 2.05) is 60.1 Å². The Morgan fingerprint density at radius 1 is 0.217 bits per heavy atom. The van der Waals surface area contributed by atoms with E-state index in [4.69, 9.17) is 18.8 Å². The number of benzene rings is 16. The maximum Gasteiger partial charge on any atom is 0.146 e. The zero-order valence-electron chi connectivity index (χ0n) is 64.8. The molecule has 0 bridgehead atoms. The minimum absolute atomic E-state index is 0.901. The van der Waals surface area contributed by atoms with Crippen molar-refractivity contribution in [2.45, 2.75) is 0 Å². The fraction of sp³-hybridized carbons (Fsp3) is 0. The summed E-state index contributed by atoms with van der Waals surface area (Å²) in [4.78, 5) is 14.6. The van der Waals surface area contributed by atoms with E-state index < -0.39 is 0 Å². The molecule has 562 valence electrons. The highest BCUT2D eigenvalue weighted by Gasteiger charge is 2.26. The Hall–Kier alpha value is -15.8. The molecule has 0 aliphatic heterocycles. The molecule has 0 fully saturated rings. The number of nitrogens with zero attached hydrogens (tertiary/aromatic N) is 6. The van der Waals surface area contributed by atoms with E-state index in [9.17, 15) is 0 Å². The van der Waals surface area contributed by atoms with Crippen LogP contribution in [0.3, 0.4) is 0 Å². The molecule has 0 spiro atoms. The van der Waals surface area contributed by atoms with Crippen molar-refractivity contribution in [1.82, 2.24) is 28.7 Å². The van der Waals surface area contributed by atoms with Crippen LogP contribution in [0, 0.1) is 0 Å². The van der Waals surface area contributed by atoms with Crippen molar-refractivity contribution < 1.29 is 8.83 Å². The Labute approximate surface area is 693 Å². The van der Waals surface area contributed by atoms with Gasteiger partial charge >= 0.3 is 0 Å². The van der Waals surface area contributed by atoms with E-state index in [-0.39, 0.29) is 0 Å². The topological polar surface area (TPSA) is 79.7 Å². The number of rotatable bonds is 10. The van der Waals surface area contributed by atoms with Crippen molar-refractivity contribution in [3.63, 3.8) is 0 Å². The minimum atomic E-state index is 0.901. The van der Waals surface area contributed by atoms with Crippen molar-refractivity contribution in [3.8, 4) is 95.5 Å². The predicted molar refractivity (Wildman–Crippen MR) is 501 cm³/mol. The number of furan rings is 2. The molecule has 25 rings (SSSR count). The molecule has 9 aromatic heterocycles. The van der Waals surface area contributed by atoms with Crippen LogP contribution in [0.25, 0.3) is 225 Å². The number of pyridine rings is 3. The molecule has 16 aromatic carbocycles. The van der Waals surface area contributed by atoms with Crippen LogP contribution in [-0.2, 0) is 0 Å². The Morgan fingerprint density at radius 3 is 1.24 bits per heavy atom. The first-order valence-electron chi connectivity index (χ1n) is 40.5. The highest BCUT2D eigenvalue weighted by molar-refractivity contribution is 7.26. The van der Waals surface area contributed by atoms with Crippen molar-refractivity contribution in [2.24, 2.45) is 0 Å². The van der Waals surface area contributed by atoms with Gasteiger partial charge in [0.25, 0.3) is 0 Å². The van der Waals surface area contributed by atoms with Crippen molar-refractivity contribution in [2.75, 3.05) is 0 Å². The van der Waals surface area contributed by atoms with Crippen LogP contribution in [0.4, 0.5) is 0 Å². The Balaban J connectivity index is 0.000000105. The van der Waals surface area contributed by atoms with Gasteiger partial charge in [-0.3, -0.25) is 9.97 Å². The van der Waals surface area contributed by atoms with Gasteiger partial charge in [0.1, 0.15) is 22.3 Å². The van der Waals surface area contributed by atoms with Gasteiger partial charge in [-0.25, -0.2) is 4.98 Å². The first kappa shape index (κ1) is 69.7. The second-order valence-electron chi connectivity index (χ2n) is 30.4. The Kier molecular flexibility index (Phi) is 16.9. The molecular formula is C111H70N6O2S. The standard InChI is InChI=1S/C41H26N2O.C35H22N2O.C35H22N2S/c1-4-12-27(13-5-1)30-24-35(28-14-6-2-7-15-28)42-36(25-30)29-20-21-34-38(26-29)43(31-16-8-3-9-17-31)37-23-22-33-32-18-10-11-19-39(32)44-41(33)40(34)37;1-3-11-23(12-4-1)28-22-31-34(35-33(28)27-15-7-8-17-32(27)38-35)26-19-18-24(29-16-9-10-20-36-29)21-30(26)37(31)25-13-5-2-6-14-25;1-3-9-23(10-4-1)24-19-20-36-30(21-24)25-15-16-29-32(22-25)37(26-11-5-2-6-12-26)31-18-17-28-27-13-7-8-14-33(27)38-35(28)34(29)31/h1-26H;2*1-22H. The first-order valence-corrected chi connectivity index (χ1v) is 41.3. The fourth-order valence-corrected chi connectivity index (χ4v) is 19.3. The van der Waals surface area contributed by atoms with Crippen LogP contribution in [0.2, 0.25) is 0 Å². The summed E-state index contributed by atoms with van der Waals surface area (Å²) >= 11 is 1.89. The second-order valence-corrected chi connectivity index (χ2v) is 31.5. The van der Waals surface area contributed by atoms with Gasteiger partial charge < -0.3 is 22.5 Å². The average molecular weight is 1550 g/mol. The molecule has 0 N–H and O–H groups in total. The van der Waals surface area contributed by atoms with Crippen molar-refractivity contribution in [1.29, 1.82) is 0 Å². The molecule has 120 heavy (non-hydrogen) atoms. The Bertz CT molecular complexity index is 8180. The molecule has 0 saturated carbocycles. The summed E-state index contributed by atoms with van der Waals surface area (Å²) in [7, 11) is 0. The van der Waals surface area contributed by atoms with Gasteiger partial charge in [-0.1, -0.05) is 279 Å². The lowest BCUT2D eigenvalue weighted by molar-refractivity contribution is 0.672. The molecule has 0 saturated heterocycles. The van der Waals surface area contributed by atoms with Gasteiger partial charge in [-0.05, 0) is 167 Å². The van der Waals surface area contributed by atoms with E-state index in [0.717, 1.165) is 155 Å². The number of para-hydroxylation sites is 5. The smallest absolute Gasteiger partial charge is 0.146 e. The lowest BCUT2D eigenvalue weighted by Crippen LogP contribution is -1.94. The van der Waals surface area contributed by atoms with Crippen LogP contribution >= 0.6 is 11.3 Å². The quantitative estimate of drug-likeness (QED) is 0.136. The van der Waals surface area contributed by atoms with Gasteiger partial charge in [-0.2, -0.15) is 0 Å². The molecule has 0 unspecified atom stereocenters. The van der Waals surface area contributed by atoms with Gasteiger partial charge in [0, 0.05) is 115 Å². The highest BCUT2D eigenvalue weighted by Crippen LogP contribution is 2.49. The average Bonchev–Trinajstić information content (AvgIpc) is 1.56. The van der Waals surface area contributed by atoms with Crippen LogP contribution in [0.1, 0.15) is 0 Å². The van der Waals surface area contributed by atoms with E-state index in [1.54, 1.807) is 0 Å². The lowest BCUT2D eigenvalue weighted by atomic mass is 9.97. The van der Waals surface area contributed by atoms with Gasteiger partial charge in [0.2, 0.25) is 0 Å². The second kappa shape index (κ2) is 29.2. The fourth-order valence-electron chi connectivity index (χ4n) is 18.0. The monoisotopic (exact) mass is 1550 g/mol. The normalized spacial score (nSPS) is 11.7. The maximum atomic E-state index is 6.67. The van der Waals surface area contributed by atoms with Crippen LogP contribution in [-0.4, -0.2) is 28.7 Å². The molecule has 9 heterocycles. The van der Waals surface area contributed by atoms with E-state index in [1.165, 1.54) is 69.8 Å². The molecule has 0 atom stereocenters. The zero-order valence-corrected chi connectivity index (χ0v) is 65.6. The Morgan fingerprint density at radius 2 is 0.642 bits per heavy atom. The van der Waals surface area contributed by atoms with Crippen molar-refractivity contribution in [3.05, 3.63) is 425 Å². The summed E-state index contributed by atoms with van der Waals surface area (Å²) in [6.07, 6.45) is 3.76. The SMILES string of the molecule is c1ccc(-c2cc(-c3ccccc3)nc(-c3ccc4c5c6oc7ccccc7c6ccc5n(-c5ccccc5)c4c3)c2)cc1.c1ccc(-c2cc3c(c4ccc(-c5ccccn5)cc4n3-c3ccccc3)c3oc4ccccc4c23)cc1.c1ccc(-c2ccnc(-c3ccc4c5c6sc7ccccc7c6ccc5n(-c5ccccc5)c4c3)c2)cc1. The number of hydrogen-bond donors (Lipinski definition) is 0. The molecule has 25 aromatic rings. The van der Waals surface area contributed by atoms with Gasteiger partial charge in [0.05, 0.1) is 66.6 Å². The highest BCUT2D eigenvalue weighted by atomic mass is 32.1. The number of thiophene rings is 1. The van der Waals surface area contributed by atoms with Gasteiger partial charge in [-0.15, -0.1) is 11.3 Å². The molecule has 0 aliphatic rings. The third-order valence-corrected chi connectivity index (χ3v) is 24.7. The summed E-state index contributed by atoms with van der Waals surface area (Å²) in [5.74, 6) is 0. The summed E-state index contributed by atoms with van der Waals surface area (Å²) in [6.45, 7) is 0. The molecule has 9 heteroatoms. The molecule has 0 amide bonds. The van der Waals surface area contributed by atoms with E-state index in [0.29, 0.717) is 0 Å². The molecule has 8 nitrogen and oxygen atoms in total. The van der Waals surface area contributed by atoms with Crippen LogP contribution in [0.15, 0.2) is 434 Å². The predicted octanol–water partition coefficient (Wildman–Crippen LogP) is 30.4. The molecule has 0 radical (unpaired) electrons. The van der Waals surface area contributed by atoms with Crippen LogP contribution in [0.5, 0.6) is 0 Å². The number of hydrogen-bond acceptors (Lipinski definition) is 6. The van der Waals surface area contributed by atoms with Gasteiger partial charge in [0.15, 0.2) is 0 Å². The summed E-state index contributed by atoms with van der Waals surface area (Å²) in [5.41, 5.74) is 29.1. The third-order valence-electron chi connectivity index (χ3n) is 23.5. The number of fused-ring (bicyclic) bond motifs is 21. The van der Waals surface area contributed by atoms with E-state index in [2.05, 4.69) is 395 Å². The van der Waals surface area contributed by atoms with E-state index >= 15 is 0 Å². The minimum Gasteiger partial charge on any atom is -0.455 e. The maximum absolute atomic E-state index is 6.67. The summed E-state index contributed by atoms with van der Waals surface area (Å²) < 4.78 is 23.0. The lowest BCUT2D eigenvalue weighted by Gasteiger charge is -2.12. The molecule has 0 aliphatic carbocycles.